The van der Waals surface area contributed by atoms with Crippen molar-refractivity contribution in [3.05, 3.63) is 0 Å². The van der Waals surface area contributed by atoms with Gasteiger partial charge in [-0.05, 0) is 41.9 Å². The highest BCUT2D eigenvalue weighted by molar-refractivity contribution is 5.60. The lowest BCUT2D eigenvalue weighted by molar-refractivity contribution is -0.190. The summed E-state index contributed by atoms with van der Waals surface area (Å²) in [5.74, 6) is 1.65. The second-order valence-electron chi connectivity index (χ2n) is 7.10. The van der Waals surface area contributed by atoms with E-state index < -0.39 is 0 Å². The lowest BCUT2D eigenvalue weighted by atomic mass is 9.37. The Morgan fingerprint density at radius 2 is 1.87 bits per heavy atom. The number of carbonyl (C=O) groups excluding carboxylic acids is 1. The Balaban J connectivity index is 2.34. The van der Waals surface area contributed by atoms with Crippen LogP contribution in [0.2, 0.25) is 0 Å². The maximum atomic E-state index is 11.3. The predicted molar refractivity (Wildman–Crippen MR) is 62.6 cm³/mol. The molecule has 0 spiro atoms. The summed E-state index contributed by atoms with van der Waals surface area (Å²) in [6.45, 7) is 11.4. The fourth-order valence-electron chi connectivity index (χ4n) is 4.14. The SMILES string of the molecule is CC1(C)C2CCC(C)(C(C)(C)C=O)C1C2. The van der Waals surface area contributed by atoms with Gasteiger partial charge in [-0.2, -0.15) is 0 Å². The van der Waals surface area contributed by atoms with E-state index in [0.29, 0.717) is 5.41 Å². The zero-order chi connectivity index (χ0) is 11.5. The lowest BCUT2D eigenvalue weighted by Gasteiger charge is -2.67. The monoisotopic (exact) mass is 208 g/mol. The summed E-state index contributed by atoms with van der Waals surface area (Å²) in [5.41, 5.74) is 0.514. The molecule has 0 aromatic heterocycles. The van der Waals surface area contributed by atoms with E-state index in [-0.39, 0.29) is 10.8 Å². The fraction of sp³-hybridized carbons (Fsp3) is 0.929. The maximum Gasteiger partial charge on any atom is 0.126 e. The van der Waals surface area contributed by atoms with Crippen molar-refractivity contribution in [3.63, 3.8) is 0 Å². The molecule has 0 aromatic rings. The van der Waals surface area contributed by atoms with Gasteiger partial charge >= 0.3 is 0 Å². The van der Waals surface area contributed by atoms with E-state index in [1.54, 1.807) is 0 Å². The molecule has 0 aromatic carbocycles. The maximum absolute atomic E-state index is 11.3. The van der Waals surface area contributed by atoms with E-state index in [1.165, 1.54) is 25.5 Å². The molecule has 2 bridgehead atoms. The van der Waals surface area contributed by atoms with Crippen LogP contribution in [0.4, 0.5) is 0 Å². The molecular weight excluding hydrogens is 184 g/mol. The number of rotatable bonds is 2. The van der Waals surface area contributed by atoms with Gasteiger partial charge in [-0.1, -0.05) is 34.6 Å². The van der Waals surface area contributed by atoms with Gasteiger partial charge in [0.2, 0.25) is 0 Å². The molecule has 3 saturated carbocycles. The predicted octanol–water partition coefficient (Wildman–Crippen LogP) is 3.67. The van der Waals surface area contributed by atoms with Crippen LogP contribution in [0.1, 0.15) is 53.9 Å². The molecule has 0 radical (unpaired) electrons. The van der Waals surface area contributed by atoms with Crippen molar-refractivity contribution in [2.45, 2.75) is 53.9 Å². The van der Waals surface area contributed by atoms with E-state index >= 15 is 0 Å². The third-order valence-corrected chi connectivity index (χ3v) is 6.02. The van der Waals surface area contributed by atoms with Crippen LogP contribution < -0.4 is 0 Å². The Morgan fingerprint density at radius 3 is 2.27 bits per heavy atom. The van der Waals surface area contributed by atoms with Gasteiger partial charge in [0.15, 0.2) is 0 Å². The first-order chi connectivity index (χ1) is 6.75. The van der Waals surface area contributed by atoms with Crippen LogP contribution in [0.15, 0.2) is 0 Å². The summed E-state index contributed by atoms with van der Waals surface area (Å²) in [7, 11) is 0. The van der Waals surface area contributed by atoms with Crippen molar-refractivity contribution in [1.82, 2.24) is 0 Å². The molecule has 0 N–H and O–H groups in total. The van der Waals surface area contributed by atoms with Gasteiger partial charge in [-0.3, -0.25) is 0 Å². The standard InChI is InChI=1S/C14H24O/c1-12(2,9-15)14(5)7-6-10-8-11(14)13(10,3)4/h9-11H,6-8H2,1-5H3. The van der Waals surface area contributed by atoms with E-state index in [0.717, 1.165) is 11.8 Å². The first kappa shape index (κ1) is 11.2. The Morgan fingerprint density at radius 1 is 1.27 bits per heavy atom. The van der Waals surface area contributed by atoms with Crippen LogP contribution in [0, 0.1) is 28.1 Å². The molecule has 0 aliphatic heterocycles. The van der Waals surface area contributed by atoms with Crippen molar-refractivity contribution < 1.29 is 4.79 Å². The van der Waals surface area contributed by atoms with Crippen molar-refractivity contribution in [2.75, 3.05) is 0 Å². The smallest absolute Gasteiger partial charge is 0.126 e. The van der Waals surface area contributed by atoms with Gasteiger partial charge in [0.1, 0.15) is 6.29 Å². The minimum atomic E-state index is -0.166. The molecule has 3 unspecified atom stereocenters. The fourth-order valence-corrected chi connectivity index (χ4v) is 4.14. The number of hydrogen-bond donors (Lipinski definition) is 0. The number of aldehydes is 1. The van der Waals surface area contributed by atoms with E-state index in [1.807, 2.05) is 0 Å². The Bertz CT molecular complexity index is 288. The average molecular weight is 208 g/mol. The Labute approximate surface area is 93.6 Å². The summed E-state index contributed by atoms with van der Waals surface area (Å²) >= 11 is 0. The minimum absolute atomic E-state index is 0.166. The normalized spacial score (nSPS) is 43.3. The molecule has 3 aliphatic carbocycles. The second-order valence-corrected chi connectivity index (χ2v) is 7.10. The van der Waals surface area contributed by atoms with E-state index in [9.17, 15) is 4.79 Å². The summed E-state index contributed by atoms with van der Waals surface area (Å²) in [6, 6.07) is 0. The Kier molecular flexibility index (Phi) is 2.13. The van der Waals surface area contributed by atoms with Crippen LogP contribution in [0.3, 0.4) is 0 Å². The van der Waals surface area contributed by atoms with Crippen molar-refractivity contribution in [2.24, 2.45) is 28.1 Å². The largest absolute Gasteiger partial charge is 0.303 e. The van der Waals surface area contributed by atoms with Crippen molar-refractivity contribution >= 4 is 6.29 Å². The molecule has 3 aliphatic rings. The summed E-state index contributed by atoms with van der Waals surface area (Å²) in [4.78, 5) is 11.3. The molecule has 86 valence electrons. The first-order valence-electron chi connectivity index (χ1n) is 6.22. The van der Waals surface area contributed by atoms with E-state index in [2.05, 4.69) is 34.6 Å². The lowest BCUT2D eigenvalue weighted by Crippen LogP contribution is -2.61. The third kappa shape index (κ3) is 1.18. The Hall–Kier alpha value is -0.330. The van der Waals surface area contributed by atoms with Crippen LogP contribution in [-0.4, -0.2) is 6.29 Å². The molecular formula is C14H24O. The van der Waals surface area contributed by atoms with Gasteiger partial charge in [0.25, 0.3) is 0 Å². The van der Waals surface area contributed by atoms with Crippen LogP contribution in [0.5, 0.6) is 0 Å². The van der Waals surface area contributed by atoms with Crippen LogP contribution >= 0.6 is 0 Å². The van der Waals surface area contributed by atoms with Gasteiger partial charge in [-0.15, -0.1) is 0 Å². The number of fused-ring (bicyclic) bond motifs is 2. The van der Waals surface area contributed by atoms with Crippen LogP contribution in [-0.2, 0) is 4.79 Å². The van der Waals surface area contributed by atoms with Crippen molar-refractivity contribution in [3.8, 4) is 0 Å². The summed E-state index contributed by atoms with van der Waals surface area (Å²) in [5, 5.41) is 0. The molecule has 3 atom stereocenters. The third-order valence-electron chi connectivity index (χ3n) is 6.02. The zero-order valence-electron chi connectivity index (χ0n) is 10.8. The molecule has 0 saturated heterocycles. The molecule has 3 rings (SSSR count). The summed E-state index contributed by atoms with van der Waals surface area (Å²) in [6.07, 6.45) is 5.08. The van der Waals surface area contributed by atoms with E-state index in [4.69, 9.17) is 0 Å². The first-order valence-corrected chi connectivity index (χ1v) is 6.22. The molecule has 0 amide bonds. The van der Waals surface area contributed by atoms with Crippen molar-refractivity contribution in [1.29, 1.82) is 0 Å². The van der Waals surface area contributed by atoms with Gasteiger partial charge in [0.05, 0.1) is 0 Å². The summed E-state index contributed by atoms with van der Waals surface area (Å²) < 4.78 is 0. The topological polar surface area (TPSA) is 17.1 Å². The molecule has 15 heavy (non-hydrogen) atoms. The highest BCUT2D eigenvalue weighted by atomic mass is 16.1. The second kappa shape index (κ2) is 2.87. The number of carbonyl (C=O) groups is 1. The minimum Gasteiger partial charge on any atom is -0.303 e. The average Bonchev–Trinajstić information content (AvgIpc) is 2.17. The van der Waals surface area contributed by atoms with Gasteiger partial charge in [-0.25, -0.2) is 0 Å². The molecule has 1 nitrogen and oxygen atoms in total. The van der Waals surface area contributed by atoms with Gasteiger partial charge in [0, 0.05) is 5.41 Å². The molecule has 1 heteroatoms. The van der Waals surface area contributed by atoms with Crippen LogP contribution in [0.25, 0.3) is 0 Å². The zero-order valence-corrected chi connectivity index (χ0v) is 10.8. The molecule has 0 heterocycles. The molecule has 3 fully saturated rings. The number of hydrogen-bond acceptors (Lipinski definition) is 1. The van der Waals surface area contributed by atoms with Gasteiger partial charge < -0.3 is 4.79 Å². The highest BCUT2D eigenvalue weighted by Crippen LogP contribution is 2.69. The highest BCUT2D eigenvalue weighted by Gasteiger charge is 2.63. The quantitative estimate of drug-likeness (QED) is 0.633.